The molecule has 0 aliphatic heterocycles. The van der Waals surface area contributed by atoms with E-state index in [0.717, 1.165) is 0 Å². The molecule has 0 fully saturated rings. The van der Waals surface area contributed by atoms with Crippen LogP contribution in [0.15, 0.2) is 48.5 Å². The van der Waals surface area contributed by atoms with E-state index in [-0.39, 0.29) is 17.7 Å². The van der Waals surface area contributed by atoms with E-state index in [1.54, 1.807) is 0 Å². The predicted molar refractivity (Wildman–Crippen MR) is 88.0 cm³/mol. The Morgan fingerprint density at radius 3 is 1.68 bits per heavy atom. The molecule has 0 N–H and O–H groups in total. The van der Waals surface area contributed by atoms with Gasteiger partial charge in [-0.05, 0) is 23.3 Å². The van der Waals surface area contributed by atoms with Crippen molar-refractivity contribution < 1.29 is 35.5 Å². The minimum absolute atomic E-state index is 0.0478. The quantitative estimate of drug-likeness (QED) is 0.344. The van der Waals surface area contributed by atoms with Crippen molar-refractivity contribution in [2.24, 2.45) is 0 Å². The number of rotatable bonds is 4. The fourth-order valence-corrected chi connectivity index (χ4v) is 2.48. The lowest BCUT2D eigenvalue weighted by molar-refractivity contribution is -0.189. The van der Waals surface area contributed by atoms with Gasteiger partial charge in [0.25, 0.3) is 0 Å². The van der Waals surface area contributed by atoms with Crippen LogP contribution in [0.25, 0.3) is 11.1 Å². The van der Waals surface area contributed by atoms with E-state index in [4.69, 9.17) is 7.85 Å². The summed E-state index contributed by atoms with van der Waals surface area (Å²) in [5, 5.41) is 0. The Kier molecular flexibility index (Phi) is 5.10. The highest BCUT2D eigenvalue weighted by atomic mass is 19.3. The molecule has 0 aliphatic rings. The fraction of sp³-hybridized carbons (Fsp3) is 0.0526. The van der Waals surface area contributed by atoms with Crippen LogP contribution >= 0.6 is 0 Å². The Hall–Kier alpha value is -2.97. The van der Waals surface area contributed by atoms with Crippen LogP contribution in [0.1, 0.15) is 5.56 Å². The summed E-state index contributed by atoms with van der Waals surface area (Å²) in [6.07, 6.45) is -4.63. The molecule has 0 unspecified atom stereocenters. The topological polar surface area (TPSA) is 9.23 Å². The summed E-state index contributed by atoms with van der Waals surface area (Å²) in [6.45, 7) is 0. The summed E-state index contributed by atoms with van der Waals surface area (Å²) in [5.74, 6) is -9.96. The van der Waals surface area contributed by atoms with Gasteiger partial charge in [-0.2, -0.15) is 8.78 Å². The van der Waals surface area contributed by atoms with Crippen molar-refractivity contribution in [2.75, 3.05) is 0 Å². The molecule has 0 saturated carbocycles. The van der Waals surface area contributed by atoms with E-state index in [1.807, 2.05) is 0 Å². The summed E-state index contributed by atoms with van der Waals surface area (Å²) in [7, 11) is 5.51. The molecule has 0 aliphatic carbocycles. The lowest BCUT2D eigenvalue weighted by Gasteiger charge is -2.20. The van der Waals surface area contributed by atoms with Gasteiger partial charge in [0.2, 0.25) is 0 Å². The molecule has 0 aromatic heterocycles. The van der Waals surface area contributed by atoms with Crippen molar-refractivity contribution >= 4 is 13.3 Å². The van der Waals surface area contributed by atoms with Gasteiger partial charge in [0, 0.05) is 12.1 Å². The predicted octanol–water partition coefficient (Wildman–Crippen LogP) is 4.97. The molecule has 3 aromatic rings. The number of halogens is 7. The molecule has 2 radical (unpaired) electrons. The Bertz CT molecular complexity index is 989. The number of hydrogen-bond acceptors (Lipinski definition) is 1. The molecule has 0 bridgehead atoms. The first-order chi connectivity index (χ1) is 13.1. The van der Waals surface area contributed by atoms with Gasteiger partial charge in [-0.3, -0.25) is 0 Å². The van der Waals surface area contributed by atoms with Crippen LogP contribution in [0.5, 0.6) is 5.75 Å². The van der Waals surface area contributed by atoms with Gasteiger partial charge in [-0.25, -0.2) is 22.0 Å². The maximum atomic E-state index is 14.3. The average molecular weight is 396 g/mol. The minimum Gasteiger partial charge on any atom is -0.429 e. The van der Waals surface area contributed by atoms with Crippen molar-refractivity contribution in [1.29, 1.82) is 0 Å². The highest BCUT2D eigenvalue weighted by molar-refractivity contribution is 6.32. The number of ether oxygens (including phenoxy) is 1. The standard InChI is InChI=1S/C19H8BF7O/c20-11-3-1-9(2-4-11)10-5-13(21)17(14(22)6-10)19(26,27)28-12-7-15(23)18(25)16(24)8-12/h1-8H. The lowest BCUT2D eigenvalue weighted by atomic mass is 9.93. The SMILES string of the molecule is [B]c1ccc(-c2cc(F)c(C(F)(F)Oc3cc(F)c(F)c(F)c3)c(F)c2)cc1. The molecule has 3 rings (SSSR count). The molecule has 0 atom stereocenters. The highest BCUT2D eigenvalue weighted by Gasteiger charge is 2.41. The Labute approximate surface area is 155 Å². The van der Waals surface area contributed by atoms with Gasteiger partial charge in [-0.1, -0.05) is 29.7 Å². The van der Waals surface area contributed by atoms with Crippen molar-refractivity contribution in [2.45, 2.75) is 6.11 Å². The van der Waals surface area contributed by atoms with E-state index in [9.17, 15) is 30.7 Å². The van der Waals surface area contributed by atoms with E-state index >= 15 is 0 Å². The maximum absolute atomic E-state index is 14.3. The molecule has 9 heteroatoms. The van der Waals surface area contributed by atoms with Crippen molar-refractivity contribution in [3.05, 3.63) is 83.2 Å². The first-order valence-electron chi connectivity index (χ1n) is 7.65. The summed E-state index contributed by atoms with van der Waals surface area (Å²) >= 11 is 0. The third-order valence-electron chi connectivity index (χ3n) is 3.78. The summed E-state index contributed by atoms with van der Waals surface area (Å²) < 4.78 is 100. The van der Waals surface area contributed by atoms with Crippen LogP contribution in [0, 0.1) is 29.1 Å². The third kappa shape index (κ3) is 3.83. The smallest absolute Gasteiger partial charge is 0.429 e. The lowest BCUT2D eigenvalue weighted by Crippen LogP contribution is -2.25. The van der Waals surface area contributed by atoms with E-state index < -0.39 is 46.5 Å². The van der Waals surface area contributed by atoms with E-state index in [2.05, 4.69) is 4.74 Å². The Morgan fingerprint density at radius 2 is 1.18 bits per heavy atom. The molecule has 0 amide bonds. The van der Waals surface area contributed by atoms with Gasteiger partial charge in [0.1, 0.15) is 30.8 Å². The first-order valence-corrected chi connectivity index (χ1v) is 7.65. The monoisotopic (exact) mass is 396 g/mol. The number of hydrogen-bond donors (Lipinski definition) is 0. The van der Waals surface area contributed by atoms with Gasteiger partial charge in [-0.15, -0.1) is 0 Å². The van der Waals surface area contributed by atoms with Gasteiger partial charge in [0.05, 0.1) is 0 Å². The highest BCUT2D eigenvalue weighted by Crippen LogP contribution is 2.37. The molecular formula is C19H8BF7O. The van der Waals surface area contributed by atoms with Crippen LogP contribution in [-0.4, -0.2) is 7.85 Å². The van der Waals surface area contributed by atoms with Crippen molar-refractivity contribution in [3.8, 4) is 16.9 Å². The Morgan fingerprint density at radius 1 is 0.679 bits per heavy atom. The molecular weight excluding hydrogens is 388 g/mol. The summed E-state index contributed by atoms with van der Waals surface area (Å²) in [6, 6.07) is 7.32. The maximum Gasteiger partial charge on any atom is 0.432 e. The van der Waals surface area contributed by atoms with Gasteiger partial charge < -0.3 is 4.74 Å². The summed E-state index contributed by atoms with van der Waals surface area (Å²) in [4.78, 5) is 0. The van der Waals surface area contributed by atoms with E-state index in [1.165, 1.54) is 24.3 Å². The van der Waals surface area contributed by atoms with Crippen LogP contribution in [0.4, 0.5) is 30.7 Å². The zero-order valence-electron chi connectivity index (χ0n) is 13.8. The molecule has 1 nitrogen and oxygen atoms in total. The number of alkyl halides is 2. The first kappa shape index (κ1) is 19.8. The van der Waals surface area contributed by atoms with Crippen LogP contribution in [-0.2, 0) is 6.11 Å². The second-order valence-corrected chi connectivity index (χ2v) is 5.76. The van der Waals surface area contributed by atoms with Gasteiger partial charge >= 0.3 is 6.11 Å². The Balaban J connectivity index is 1.99. The zero-order valence-corrected chi connectivity index (χ0v) is 13.8. The number of benzene rings is 3. The van der Waals surface area contributed by atoms with E-state index in [0.29, 0.717) is 23.2 Å². The minimum atomic E-state index is -4.63. The largest absolute Gasteiger partial charge is 0.432 e. The molecule has 0 spiro atoms. The van der Waals surface area contributed by atoms with Crippen LogP contribution < -0.4 is 10.2 Å². The molecule has 28 heavy (non-hydrogen) atoms. The molecule has 142 valence electrons. The summed E-state index contributed by atoms with van der Waals surface area (Å²) in [5.41, 5.74) is -1.12. The zero-order chi connectivity index (χ0) is 20.6. The fourth-order valence-electron chi connectivity index (χ4n) is 2.48. The van der Waals surface area contributed by atoms with Crippen molar-refractivity contribution in [1.82, 2.24) is 0 Å². The van der Waals surface area contributed by atoms with Crippen LogP contribution in [0.3, 0.4) is 0 Å². The molecule has 3 aromatic carbocycles. The average Bonchev–Trinajstić information content (AvgIpc) is 2.59. The van der Waals surface area contributed by atoms with Crippen molar-refractivity contribution in [3.63, 3.8) is 0 Å². The third-order valence-corrected chi connectivity index (χ3v) is 3.78. The second-order valence-electron chi connectivity index (χ2n) is 5.76. The normalized spacial score (nSPS) is 11.5. The van der Waals surface area contributed by atoms with Crippen LogP contribution in [0.2, 0.25) is 0 Å². The second kappa shape index (κ2) is 7.22. The van der Waals surface area contributed by atoms with Gasteiger partial charge in [0.15, 0.2) is 17.5 Å². The molecule has 0 saturated heterocycles. The molecule has 0 heterocycles.